The minimum atomic E-state index is -4.66. The predicted molar refractivity (Wildman–Crippen MR) is 61.5 cm³/mol. The average molecular weight is 263 g/mol. The summed E-state index contributed by atoms with van der Waals surface area (Å²) in [6.45, 7) is 1.18. The van der Waals surface area contributed by atoms with Crippen molar-refractivity contribution in [2.75, 3.05) is 13.2 Å². The molecule has 0 heterocycles. The van der Waals surface area contributed by atoms with Crippen LogP contribution in [0.4, 0.5) is 13.2 Å². The Morgan fingerprint density at radius 1 is 0.944 bits per heavy atom. The molecule has 0 spiro atoms. The van der Waals surface area contributed by atoms with Gasteiger partial charge in [-0.15, -0.1) is 13.2 Å². The highest BCUT2D eigenvalue weighted by molar-refractivity contribution is 5.31. The van der Waals surface area contributed by atoms with Crippen LogP contribution in [0.15, 0.2) is 24.3 Å². The maximum absolute atomic E-state index is 11.9. The Kier molecular flexibility index (Phi) is 5.77. The fourth-order valence-corrected chi connectivity index (χ4v) is 1.35. The van der Waals surface area contributed by atoms with Gasteiger partial charge in [0.05, 0.1) is 6.61 Å². The topological polar surface area (TPSA) is 44.5 Å². The van der Waals surface area contributed by atoms with Gasteiger partial charge in [-0.05, 0) is 50.1 Å². The van der Waals surface area contributed by atoms with Crippen LogP contribution in [0.2, 0.25) is 0 Å². The molecule has 0 aliphatic heterocycles. The molecule has 1 aromatic carbocycles. The molecule has 0 unspecified atom stereocenters. The van der Waals surface area contributed by atoms with Gasteiger partial charge in [-0.25, -0.2) is 0 Å². The first-order chi connectivity index (χ1) is 8.51. The van der Waals surface area contributed by atoms with Gasteiger partial charge in [-0.1, -0.05) is 0 Å². The van der Waals surface area contributed by atoms with Crippen LogP contribution >= 0.6 is 0 Å². The van der Waals surface area contributed by atoms with Crippen molar-refractivity contribution >= 4 is 0 Å². The largest absolute Gasteiger partial charge is 0.573 e. The van der Waals surface area contributed by atoms with E-state index in [-0.39, 0.29) is 5.75 Å². The minimum Gasteiger partial charge on any atom is -0.494 e. The highest BCUT2D eigenvalue weighted by Gasteiger charge is 2.30. The first kappa shape index (κ1) is 14.6. The maximum atomic E-state index is 11.9. The van der Waals surface area contributed by atoms with Gasteiger partial charge >= 0.3 is 6.36 Å². The molecule has 0 bridgehead atoms. The minimum absolute atomic E-state index is 0.252. The third kappa shape index (κ3) is 6.34. The summed E-state index contributed by atoms with van der Waals surface area (Å²) in [6.07, 6.45) is -1.86. The van der Waals surface area contributed by atoms with Gasteiger partial charge in [-0.3, -0.25) is 0 Å². The molecule has 0 amide bonds. The number of alkyl halides is 3. The second kappa shape index (κ2) is 7.10. The van der Waals surface area contributed by atoms with Gasteiger partial charge in [0, 0.05) is 0 Å². The average Bonchev–Trinajstić information content (AvgIpc) is 2.29. The summed E-state index contributed by atoms with van der Waals surface area (Å²) in [4.78, 5) is 0. The van der Waals surface area contributed by atoms with Crippen LogP contribution in [0.25, 0.3) is 0 Å². The molecule has 18 heavy (non-hydrogen) atoms. The number of hydrogen-bond acceptors (Lipinski definition) is 3. The molecule has 0 aromatic heterocycles. The zero-order valence-corrected chi connectivity index (χ0v) is 9.87. The zero-order valence-electron chi connectivity index (χ0n) is 9.87. The molecule has 0 saturated carbocycles. The SMILES string of the molecule is NCCCCCOc1ccc(OC(F)(F)F)cc1. The number of hydrogen-bond donors (Lipinski definition) is 1. The Bertz CT molecular complexity index is 338. The van der Waals surface area contributed by atoms with Crippen molar-refractivity contribution in [2.24, 2.45) is 5.73 Å². The highest BCUT2D eigenvalue weighted by atomic mass is 19.4. The molecule has 0 aliphatic rings. The fraction of sp³-hybridized carbons (Fsp3) is 0.500. The summed E-state index contributed by atoms with van der Waals surface area (Å²) < 4.78 is 44.8. The third-order valence-corrected chi connectivity index (χ3v) is 2.17. The Morgan fingerprint density at radius 3 is 2.11 bits per heavy atom. The first-order valence-electron chi connectivity index (χ1n) is 5.70. The lowest BCUT2D eigenvalue weighted by Crippen LogP contribution is -2.16. The van der Waals surface area contributed by atoms with E-state index in [4.69, 9.17) is 10.5 Å². The Labute approximate surface area is 104 Å². The standard InChI is InChI=1S/C12H16F3NO2/c13-12(14,15)18-11-6-4-10(5-7-11)17-9-3-1-2-8-16/h4-7H,1-3,8-9,16H2. The quantitative estimate of drug-likeness (QED) is 0.769. The summed E-state index contributed by atoms with van der Waals surface area (Å²) >= 11 is 0. The van der Waals surface area contributed by atoms with Crippen LogP contribution in [-0.2, 0) is 0 Å². The van der Waals surface area contributed by atoms with E-state index in [1.165, 1.54) is 24.3 Å². The number of nitrogens with two attached hydrogens (primary N) is 1. The smallest absolute Gasteiger partial charge is 0.494 e. The molecule has 102 valence electrons. The van der Waals surface area contributed by atoms with E-state index >= 15 is 0 Å². The molecule has 1 rings (SSSR count). The van der Waals surface area contributed by atoms with Crippen LogP contribution < -0.4 is 15.2 Å². The lowest BCUT2D eigenvalue weighted by molar-refractivity contribution is -0.274. The highest BCUT2D eigenvalue weighted by Crippen LogP contribution is 2.24. The molecule has 3 nitrogen and oxygen atoms in total. The second-order valence-corrected chi connectivity index (χ2v) is 3.72. The molecule has 0 fully saturated rings. The summed E-state index contributed by atoms with van der Waals surface area (Å²) in [6, 6.07) is 5.35. The van der Waals surface area contributed by atoms with Gasteiger partial charge < -0.3 is 15.2 Å². The zero-order chi connectivity index (χ0) is 13.4. The normalized spacial score (nSPS) is 11.3. The molecule has 2 N–H and O–H groups in total. The molecule has 0 radical (unpaired) electrons. The lowest BCUT2D eigenvalue weighted by Gasteiger charge is -2.10. The van der Waals surface area contributed by atoms with Gasteiger partial charge in [-0.2, -0.15) is 0 Å². The molecular weight excluding hydrogens is 247 g/mol. The van der Waals surface area contributed by atoms with E-state index in [1.807, 2.05) is 0 Å². The van der Waals surface area contributed by atoms with E-state index in [0.717, 1.165) is 19.3 Å². The first-order valence-corrected chi connectivity index (χ1v) is 5.70. The maximum Gasteiger partial charge on any atom is 0.573 e. The molecule has 0 aliphatic carbocycles. The molecule has 1 aromatic rings. The van der Waals surface area contributed by atoms with Crippen molar-refractivity contribution in [1.82, 2.24) is 0 Å². The summed E-state index contributed by atoms with van der Waals surface area (Å²) in [5, 5.41) is 0. The van der Waals surface area contributed by atoms with Crippen molar-refractivity contribution < 1.29 is 22.6 Å². The summed E-state index contributed by atoms with van der Waals surface area (Å²) in [7, 11) is 0. The van der Waals surface area contributed by atoms with Crippen molar-refractivity contribution in [3.05, 3.63) is 24.3 Å². The number of benzene rings is 1. The summed E-state index contributed by atoms with van der Waals surface area (Å²) in [5.41, 5.74) is 5.34. The van der Waals surface area contributed by atoms with Crippen LogP contribution in [0.1, 0.15) is 19.3 Å². The fourth-order valence-electron chi connectivity index (χ4n) is 1.35. The number of halogens is 3. The Hall–Kier alpha value is -1.43. The van der Waals surface area contributed by atoms with E-state index in [9.17, 15) is 13.2 Å². The van der Waals surface area contributed by atoms with E-state index in [1.54, 1.807) is 0 Å². The molecular formula is C12H16F3NO2. The number of ether oxygens (including phenoxy) is 2. The molecule has 0 saturated heterocycles. The Balaban J connectivity index is 2.32. The number of unbranched alkanes of at least 4 members (excludes halogenated alkanes) is 2. The van der Waals surface area contributed by atoms with E-state index < -0.39 is 6.36 Å². The van der Waals surface area contributed by atoms with Crippen LogP contribution in [0.3, 0.4) is 0 Å². The van der Waals surface area contributed by atoms with Gasteiger partial charge in [0.15, 0.2) is 0 Å². The van der Waals surface area contributed by atoms with E-state index in [2.05, 4.69) is 4.74 Å². The monoisotopic (exact) mass is 263 g/mol. The third-order valence-electron chi connectivity index (χ3n) is 2.17. The second-order valence-electron chi connectivity index (χ2n) is 3.72. The number of rotatable bonds is 7. The van der Waals surface area contributed by atoms with Gasteiger partial charge in [0.25, 0.3) is 0 Å². The van der Waals surface area contributed by atoms with Gasteiger partial charge in [0.2, 0.25) is 0 Å². The Morgan fingerprint density at radius 2 is 1.56 bits per heavy atom. The van der Waals surface area contributed by atoms with Crippen molar-refractivity contribution in [3.63, 3.8) is 0 Å². The van der Waals surface area contributed by atoms with Crippen molar-refractivity contribution in [3.8, 4) is 11.5 Å². The van der Waals surface area contributed by atoms with Crippen molar-refractivity contribution in [1.29, 1.82) is 0 Å². The van der Waals surface area contributed by atoms with Crippen LogP contribution in [0, 0.1) is 0 Å². The summed E-state index contributed by atoms with van der Waals surface area (Å²) in [5.74, 6) is 0.273. The lowest BCUT2D eigenvalue weighted by atomic mass is 10.2. The molecule has 6 heteroatoms. The van der Waals surface area contributed by atoms with Gasteiger partial charge in [0.1, 0.15) is 11.5 Å². The molecule has 0 atom stereocenters. The van der Waals surface area contributed by atoms with Crippen LogP contribution in [-0.4, -0.2) is 19.5 Å². The van der Waals surface area contributed by atoms with Crippen LogP contribution in [0.5, 0.6) is 11.5 Å². The predicted octanol–water partition coefficient (Wildman–Crippen LogP) is 3.09. The van der Waals surface area contributed by atoms with E-state index in [0.29, 0.717) is 18.9 Å². The van der Waals surface area contributed by atoms with Crippen molar-refractivity contribution in [2.45, 2.75) is 25.6 Å².